The summed E-state index contributed by atoms with van der Waals surface area (Å²) in [4.78, 5) is 0. The summed E-state index contributed by atoms with van der Waals surface area (Å²) < 4.78 is 0. The highest BCUT2D eigenvalue weighted by atomic mass is 35.5. The Balaban J connectivity index is 2.95. The quantitative estimate of drug-likeness (QED) is 0.479. The minimum absolute atomic E-state index is 0.280. The summed E-state index contributed by atoms with van der Waals surface area (Å²) in [6.45, 7) is 0. The van der Waals surface area contributed by atoms with Gasteiger partial charge in [-0.15, -0.1) is 0 Å². The molecule has 0 aliphatic rings. The second kappa shape index (κ2) is 3.56. The molecule has 0 fully saturated rings. The lowest BCUT2D eigenvalue weighted by atomic mass is 10.1. The Labute approximate surface area is 75.3 Å². The second-order valence-electron chi connectivity index (χ2n) is 2.41. The van der Waals surface area contributed by atoms with Crippen LogP contribution in [0.1, 0.15) is 11.7 Å². The van der Waals surface area contributed by atoms with Crippen molar-refractivity contribution in [3.05, 3.63) is 34.9 Å². The number of nitrogens with one attached hydrogen (secondary N) is 1. The fourth-order valence-corrected chi connectivity index (χ4v) is 1.05. The number of nitrogens with two attached hydrogens (primary N) is 1. The van der Waals surface area contributed by atoms with Crippen LogP contribution < -0.4 is 5.73 Å². The Kier molecular flexibility index (Phi) is 2.68. The number of benzene rings is 1. The summed E-state index contributed by atoms with van der Waals surface area (Å²) in [6.07, 6.45) is -1.05. The molecule has 0 heterocycles. The molecular weight excluding hydrogens is 176 g/mol. The van der Waals surface area contributed by atoms with Crippen LogP contribution in [0.3, 0.4) is 0 Å². The van der Waals surface area contributed by atoms with E-state index in [2.05, 4.69) is 0 Å². The number of halogens is 1. The van der Waals surface area contributed by atoms with Gasteiger partial charge in [0.2, 0.25) is 0 Å². The monoisotopic (exact) mass is 184 g/mol. The van der Waals surface area contributed by atoms with Gasteiger partial charge in [-0.1, -0.05) is 23.7 Å². The molecule has 0 aromatic heterocycles. The molecule has 4 heteroatoms. The molecule has 64 valence electrons. The first-order chi connectivity index (χ1) is 5.61. The molecule has 0 amide bonds. The van der Waals surface area contributed by atoms with E-state index >= 15 is 0 Å². The van der Waals surface area contributed by atoms with E-state index in [1.54, 1.807) is 24.3 Å². The van der Waals surface area contributed by atoms with Crippen LogP contribution in [0.25, 0.3) is 0 Å². The fourth-order valence-electron chi connectivity index (χ4n) is 0.856. The summed E-state index contributed by atoms with van der Waals surface area (Å²) in [5, 5.41) is 16.8. The molecule has 0 bridgehead atoms. The lowest BCUT2D eigenvalue weighted by molar-refractivity contribution is 0.245. The van der Waals surface area contributed by atoms with Crippen molar-refractivity contribution in [2.24, 2.45) is 5.73 Å². The normalized spacial score (nSPS) is 12.5. The van der Waals surface area contributed by atoms with Gasteiger partial charge in [0.05, 0.1) is 0 Å². The second-order valence-corrected chi connectivity index (χ2v) is 2.85. The number of amidine groups is 1. The maximum atomic E-state index is 9.31. The van der Waals surface area contributed by atoms with E-state index < -0.39 is 6.10 Å². The maximum absolute atomic E-state index is 9.31. The van der Waals surface area contributed by atoms with Gasteiger partial charge in [-0.25, -0.2) is 0 Å². The minimum atomic E-state index is -1.05. The van der Waals surface area contributed by atoms with E-state index in [1.807, 2.05) is 0 Å². The molecule has 4 N–H and O–H groups in total. The molecule has 0 aliphatic carbocycles. The van der Waals surface area contributed by atoms with Crippen molar-refractivity contribution in [1.82, 2.24) is 0 Å². The van der Waals surface area contributed by atoms with E-state index in [4.69, 9.17) is 22.7 Å². The SMILES string of the molecule is N=C(N)C(O)c1cccc(Cl)c1. The first-order valence-electron chi connectivity index (χ1n) is 3.38. The topological polar surface area (TPSA) is 70.1 Å². The Bertz CT molecular complexity index is 301. The Morgan fingerprint density at radius 3 is 2.75 bits per heavy atom. The number of hydrogen-bond donors (Lipinski definition) is 3. The third kappa shape index (κ3) is 1.96. The lowest BCUT2D eigenvalue weighted by Crippen LogP contribution is -2.19. The van der Waals surface area contributed by atoms with Gasteiger partial charge in [0, 0.05) is 5.02 Å². The van der Waals surface area contributed by atoms with Crippen LogP contribution in [0.15, 0.2) is 24.3 Å². The summed E-state index contributed by atoms with van der Waals surface area (Å²) >= 11 is 5.67. The molecule has 1 rings (SSSR count). The van der Waals surface area contributed by atoms with Gasteiger partial charge < -0.3 is 10.8 Å². The zero-order chi connectivity index (χ0) is 9.14. The third-order valence-electron chi connectivity index (χ3n) is 1.46. The predicted molar refractivity (Wildman–Crippen MR) is 48.3 cm³/mol. The number of aliphatic hydroxyl groups excluding tert-OH is 1. The average molecular weight is 185 g/mol. The van der Waals surface area contributed by atoms with Gasteiger partial charge in [0.15, 0.2) is 0 Å². The van der Waals surface area contributed by atoms with E-state index in [0.29, 0.717) is 10.6 Å². The standard InChI is InChI=1S/C8H9ClN2O/c9-6-3-1-2-5(4-6)7(12)8(10)11/h1-4,7,12H,(H3,10,11). The smallest absolute Gasteiger partial charge is 0.135 e. The molecule has 1 atom stereocenters. The molecule has 0 aliphatic heterocycles. The zero-order valence-corrected chi connectivity index (χ0v) is 7.05. The fraction of sp³-hybridized carbons (Fsp3) is 0.125. The predicted octanol–water partition coefficient (Wildman–Crippen LogP) is 1.31. The maximum Gasteiger partial charge on any atom is 0.135 e. The van der Waals surface area contributed by atoms with E-state index in [-0.39, 0.29) is 5.84 Å². The van der Waals surface area contributed by atoms with Crippen molar-refractivity contribution in [3.8, 4) is 0 Å². The van der Waals surface area contributed by atoms with Gasteiger partial charge in [0.25, 0.3) is 0 Å². The molecule has 1 unspecified atom stereocenters. The van der Waals surface area contributed by atoms with E-state index in [0.717, 1.165) is 0 Å². The highest BCUT2D eigenvalue weighted by molar-refractivity contribution is 6.30. The summed E-state index contributed by atoms with van der Waals surface area (Å²) in [6, 6.07) is 6.63. The third-order valence-corrected chi connectivity index (χ3v) is 1.69. The first kappa shape index (κ1) is 9.03. The lowest BCUT2D eigenvalue weighted by Gasteiger charge is -2.08. The molecule has 1 aromatic carbocycles. The van der Waals surface area contributed by atoms with E-state index in [1.165, 1.54) is 0 Å². The summed E-state index contributed by atoms with van der Waals surface area (Å²) in [5.41, 5.74) is 5.65. The average Bonchev–Trinajstić information content (AvgIpc) is 2.03. The van der Waals surface area contributed by atoms with Crippen LogP contribution in [0, 0.1) is 5.41 Å². The zero-order valence-electron chi connectivity index (χ0n) is 6.29. The Hall–Kier alpha value is -1.06. The van der Waals surface area contributed by atoms with Crippen molar-refractivity contribution >= 4 is 17.4 Å². The van der Waals surface area contributed by atoms with Gasteiger partial charge in [0.1, 0.15) is 11.9 Å². The van der Waals surface area contributed by atoms with Crippen LogP contribution in [0.5, 0.6) is 0 Å². The molecule has 0 radical (unpaired) electrons. The van der Waals surface area contributed by atoms with Crippen molar-refractivity contribution in [2.75, 3.05) is 0 Å². The van der Waals surface area contributed by atoms with Crippen LogP contribution in [-0.2, 0) is 0 Å². The van der Waals surface area contributed by atoms with Gasteiger partial charge in [-0.2, -0.15) is 0 Å². The van der Waals surface area contributed by atoms with E-state index in [9.17, 15) is 5.11 Å². The molecule has 0 spiro atoms. The van der Waals surface area contributed by atoms with Crippen LogP contribution in [0.2, 0.25) is 5.02 Å². The molecule has 12 heavy (non-hydrogen) atoms. The molecule has 3 nitrogen and oxygen atoms in total. The number of rotatable bonds is 2. The number of hydrogen-bond acceptors (Lipinski definition) is 2. The van der Waals surface area contributed by atoms with Crippen molar-refractivity contribution in [3.63, 3.8) is 0 Å². The van der Waals surface area contributed by atoms with Crippen LogP contribution >= 0.6 is 11.6 Å². The van der Waals surface area contributed by atoms with Gasteiger partial charge in [-0.3, -0.25) is 5.41 Å². The highest BCUT2D eigenvalue weighted by Crippen LogP contribution is 2.16. The van der Waals surface area contributed by atoms with Crippen molar-refractivity contribution < 1.29 is 5.11 Å². The minimum Gasteiger partial charge on any atom is -0.385 e. The summed E-state index contributed by atoms with van der Waals surface area (Å²) in [7, 11) is 0. The molecule has 0 saturated carbocycles. The van der Waals surface area contributed by atoms with Crippen molar-refractivity contribution in [2.45, 2.75) is 6.10 Å². The Morgan fingerprint density at radius 1 is 1.58 bits per heavy atom. The van der Waals surface area contributed by atoms with Crippen molar-refractivity contribution in [1.29, 1.82) is 5.41 Å². The molecule has 1 aromatic rings. The molecular formula is C8H9ClN2O. The molecule has 0 saturated heterocycles. The van der Waals surface area contributed by atoms with Gasteiger partial charge in [-0.05, 0) is 17.7 Å². The number of aliphatic hydroxyl groups is 1. The first-order valence-corrected chi connectivity index (χ1v) is 3.76. The highest BCUT2D eigenvalue weighted by Gasteiger charge is 2.09. The summed E-state index contributed by atoms with van der Waals surface area (Å²) in [5.74, 6) is -0.280. The Morgan fingerprint density at radius 2 is 2.25 bits per heavy atom. The largest absolute Gasteiger partial charge is 0.385 e. The van der Waals surface area contributed by atoms with Crippen LogP contribution in [-0.4, -0.2) is 10.9 Å². The van der Waals surface area contributed by atoms with Crippen LogP contribution in [0.4, 0.5) is 0 Å². The van der Waals surface area contributed by atoms with Gasteiger partial charge >= 0.3 is 0 Å².